The Morgan fingerprint density at radius 3 is 2.12 bits per heavy atom. The third-order valence-electron chi connectivity index (χ3n) is 2.20. The highest BCUT2D eigenvalue weighted by Gasteiger charge is 2.28. The van der Waals surface area contributed by atoms with Gasteiger partial charge in [0, 0.05) is 21.4 Å². The number of rotatable bonds is 4. The lowest BCUT2D eigenvalue weighted by Gasteiger charge is -2.18. The molecule has 0 saturated carbocycles. The summed E-state index contributed by atoms with van der Waals surface area (Å²) in [5.41, 5.74) is 3.11. The predicted octanol–water partition coefficient (Wildman–Crippen LogP) is 4.06. The van der Waals surface area contributed by atoms with E-state index < -0.39 is 18.6 Å². The molecule has 1 atom stereocenters. The molecule has 1 aromatic carbocycles. The molecule has 0 bridgehead atoms. The van der Waals surface area contributed by atoms with Crippen LogP contribution in [0.2, 0.25) is 0 Å². The summed E-state index contributed by atoms with van der Waals surface area (Å²) in [5, 5.41) is 0. The molecule has 1 unspecified atom stereocenters. The molecule has 3 N–H and O–H groups in total. The lowest BCUT2D eigenvalue weighted by molar-refractivity contribution is -0.136. The summed E-state index contributed by atoms with van der Waals surface area (Å²) in [4.78, 5) is 0. The molecule has 96 valence electrons. The van der Waals surface area contributed by atoms with Gasteiger partial charge in [-0.2, -0.15) is 13.2 Å². The highest BCUT2D eigenvalue weighted by atomic mass is 79.9. The highest BCUT2D eigenvalue weighted by Crippen LogP contribution is 2.30. The van der Waals surface area contributed by atoms with Crippen LogP contribution in [-0.2, 0) is 0 Å². The molecule has 0 aliphatic carbocycles. The van der Waals surface area contributed by atoms with Gasteiger partial charge in [-0.1, -0.05) is 31.9 Å². The van der Waals surface area contributed by atoms with Gasteiger partial charge in [0.2, 0.25) is 0 Å². The molecule has 0 fully saturated rings. The van der Waals surface area contributed by atoms with Gasteiger partial charge in [-0.25, -0.2) is 0 Å². The van der Waals surface area contributed by atoms with Gasteiger partial charge < -0.3 is 0 Å². The van der Waals surface area contributed by atoms with Crippen LogP contribution in [0.5, 0.6) is 0 Å². The third-order valence-corrected chi connectivity index (χ3v) is 3.12. The maximum absolute atomic E-state index is 12.1. The number of benzene rings is 1. The Morgan fingerprint density at radius 1 is 1.18 bits per heavy atom. The molecule has 7 heteroatoms. The molecule has 1 rings (SSSR count). The van der Waals surface area contributed by atoms with Crippen LogP contribution in [0.4, 0.5) is 13.2 Å². The fourth-order valence-corrected chi connectivity index (χ4v) is 2.76. The van der Waals surface area contributed by atoms with E-state index in [1.54, 1.807) is 18.2 Å². The van der Waals surface area contributed by atoms with E-state index in [1.165, 1.54) is 0 Å². The minimum atomic E-state index is -4.17. The first-order valence-corrected chi connectivity index (χ1v) is 6.39. The molecule has 17 heavy (non-hydrogen) atoms. The van der Waals surface area contributed by atoms with E-state index in [1.807, 2.05) is 0 Å². The molecule has 0 aliphatic heterocycles. The number of hydrogen-bond acceptors (Lipinski definition) is 2. The van der Waals surface area contributed by atoms with Crippen molar-refractivity contribution < 1.29 is 13.2 Å². The second kappa shape index (κ2) is 6.17. The SMILES string of the molecule is NNC(CCC(F)(F)F)c1cc(Br)cc(Br)c1. The molecule has 0 radical (unpaired) electrons. The number of nitrogens with one attached hydrogen (secondary N) is 1. The van der Waals surface area contributed by atoms with Gasteiger partial charge in [-0.3, -0.25) is 11.3 Å². The average molecular weight is 376 g/mol. The molecule has 0 aromatic heterocycles. The van der Waals surface area contributed by atoms with Crippen molar-refractivity contribution in [2.45, 2.75) is 25.1 Å². The van der Waals surface area contributed by atoms with Crippen LogP contribution in [0.1, 0.15) is 24.4 Å². The largest absolute Gasteiger partial charge is 0.389 e. The first-order chi connectivity index (χ1) is 7.81. The van der Waals surface area contributed by atoms with Crippen LogP contribution >= 0.6 is 31.9 Å². The maximum Gasteiger partial charge on any atom is 0.389 e. The second-order valence-corrected chi connectivity index (χ2v) is 5.41. The standard InChI is InChI=1S/C10H11Br2F3N2/c11-7-3-6(4-8(12)5-7)9(17-16)1-2-10(13,14)15/h3-5,9,17H,1-2,16H2. The Hall–Kier alpha value is -0.110. The minimum absolute atomic E-state index is 0.0944. The number of hydrazine groups is 1. The van der Waals surface area contributed by atoms with Crippen LogP contribution in [0.3, 0.4) is 0 Å². The van der Waals surface area contributed by atoms with E-state index in [0.717, 1.165) is 8.95 Å². The molecule has 0 spiro atoms. The van der Waals surface area contributed by atoms with E-state index in [-0.39, 0.29) is 6.42 Å². The molecule has 0 heterocycles. The van der Waals surface area contributed by atoms with Gasteiger partial charge in [-0.05, 0) is 30.2 Å². The molecule has 0 amide bonds. The zero-order valence-corrected chi connectivity index (χ0v) is 11.9. The summed E-state index contributed by atoms with van der Waals surface area (Å²) < 4.78 is 38.0. The first kappa shape index (κ1) is 14.9. The zero-order chi connectivity index (χ0) is 13.1. The first-order valence-electron chi connectivity index (χ1n) is 4.80. The topological polar surface area (TPSA) is 38.0 Å². The monoisotopic (exact) mass is 374 g/mol. The van der Waals surface area contributed by atoms with Crippen molar-refractivity contribution in [1.82, 2.24) is 5.43 Å². The van der Waals surface area contributed by atoms with Crippen molar-refractivity contribution in [3.05, 3.63) is 32.7 Å². The molecular formula is C10H11Br2F3N2. The smallest absolute Gasteiger partial charge is 0.271 e. The van der Waals surface area contributed by atoms with Crippen LogP contribution in [0.25, 0.3) is 0 Å². The van der Waals surface area contributed by atoms with Crippen LogP contribution in [-0.4, -0.2) is 6.18 Å². The maximum atomic E-state index is 12.1. The van der Waals surface area contributed by atoms with Gasteiger partial charge >= 0.3 is 6.18 Å². The Balaban J connectivity index is 2.79. The normalized spacial score (nSPS) is 13.8. The van der Waals surface area contributed by atoms with E-state index in [2.05, 4.69) is 37.3 Å². The Bertz CT molecular complexity index is 362. The van der Waals surface area contributed by atoms with Crippen molar-refractivity contribution in [3.63, 3.8) is 0 Å². The number of alkyl halides is 3. The summed E-state index contributed by atoms with van der Waals surface area (Å²) in [6, 6.07) is 4.77. The summed E-state index contributed by atoms with van der Waals surface area (Å²) in [7, 11) is 0. The number of halogens is 5. The second-order valence-electron chi connectivity index (χ2n) is 3.58. The third kappa shape index (κ3) is 5.37. The van der Waals surface area contributed by atoms with Gasteiger partial charge in [0.05, 0.1) is 0 Å². The van der Waals surface area contributed by atoms with Crippen molar-refractivity contribution in [1.29, 1.82) is 0 Å². The van der Waals surface area contributed by atoms with Gasteiger partial charge in [0.15, 0.2) is 0 Å². The highest BCUT2D eigenvalue weighted by molar-refractivity contribution is 9.11. The molecule has 0 aliphatic rings. The molecule has 0 saturated heterocycles. The van der Waals surface area contributed by atoms with E-state index >= 15 is 0 Å². The number of nitrogens with two attached hydrogens (primary N) is 1. The quantitative estimate of drug-likeness (QED) is 0.615. The summed E-state index contributed by atoms with van der Waals surface area (Å²) >= 11 is 6.56. The number of hydrogen-bond donors (Lipinski definition) is 2. The van der Waals surface area contributed by atoms with Crippen molar-refractivity contribution >= 4 is 31.9 Å². The minimum Gasteiger partial charge on any atom is -0.271 e. The van der Waals surface area contributed by atoms with E-state index in [4.69, 9.17) is 5.84 Å². The van der Waals surface area contributed by atoms with Crippen molar-refractivity contribution in [2.75, 3.05) is 0 Å². The Kier molecular flexibility index (Phi) is 5.43. The van der Waals surface area contributed by atoms with E-state index in [9.17, 15) is 13.2 Å². The van der Waals surface area contributed by atoms with Gasteiger partial charge in [-0.15, -0.1) is 0 Å². The van der Waals surface area contributed by atoms with Crippen LogP contribution < -0.4 is 11.3 Å². The van der Waals surface area contributed by atoms with Gasteiger partial charge in [0.1, 0.15) is 0 Å². The summed E-state index contributed by atoms with van der Waals surface area (Å²) in [6.45, 7) is 0. The Morgan fingerprint density at radius 2 is 1.71 bits per heavy atom. The van der Waals surface area contributed by atoms with Crippen molar-refractivity contribution in [3.8, 4) is 0 Å². The van der Waals surface area contributed by atoms with Crippen LogP contribution in [0.15, 0.2) is 27.1 Å². The summed E-state index contributed by atoms with van der Waals surface area (Å²) in [6.07, 6.45) is -5.13. The fourth-order valence-electron chi connectivity index (χ4n) is 1.43. The fraction of sp³-hybridized carbons (Fsp3) is 0.400. The lowest BCUT2D eigenvalue weighted by atomic mass is 10.0. The Labute approximate surface area is 114 Å². The molecule has 1 aromatic rings. The molecule has 2 nitrogen and oxygen atoms in total. The van der Waals surface area contributed by atoms with Crippen LogP contribution in [0, 0.1) is 0 Å². The van der Waals surface area contributed by atoms with E-state index in [0.29, 0.717) is 5.56 Å². The lowest BCUT2D eigenvalue weighted by Crippen LogP contribution is -2.29. The summed E-state index contributed by atoms with van der Waals surface area (Å²) in [5.74, 6) is 5.29. The van der Waals surface area contributed by atoms with Gasteiger partial charge in [0.25, 0.3) is 0 Å². The van der Waals surface area contributed by atoms with Crippen molar-refractivity contribution in [2.24, 2.45) is 5.84 Å². The predicted molar refractivity (Wildman–Crippen MR) is 67.2 cm³/mol. The zero-order valence-electron chi connectivity index (χ0n) is 8.69. The molecular weight excluding hydrogens is 365 g/mol. The average Bonchev–Trinajstić information content (AvgIpc) is 2.15.